The Balaban J connectivity index is 4.01. The number of hydrogen-bond acceptors (Lipinski definition) is 3. The maximum atomic E-state index is 12.6. The van der Waals surface area contributed by atoms with E-state index in [2.05, 4.69) is 38.2 Å². The van der Waals surface area contributed by atoms with E-state index in [4.69, 9.17) is 9.84 Å². The molecule has 0 aliphatic carbocycles. The second-order valence-electron chi connectivity index (χ2n) is 13.8. The Kier molecular flexibility index (Phi) is 36.6. The maximum absolute atomic E-state index is 12.6. The van der Waals surface area contributed by atoms with Gasteiger partial charge in [0.1, 0.15) is 6.10 Å². The fourth-order valence-corrected chi connectivity index (χ4v) is 6.16. The van der Waals surface area contributed by atoms with Crippen LogP contribution in [0.15, 0.2) is 24.3 Å². The molecule has 1 atom stereocenters. The highest BCUT2D eigenvalue weighted by Crippen LogP contribution is 2.19. The molecule has 1 N–H and O–H groups in total. The van der Waals surface area contributed by atoms with Crippen LogP contribution < -0.4 is 0 Å². The van der Waals surface area contributed by atoms with E-state index in [9.17, 15) is 9.59 Å². The number of carboxylic acids is 1. The van der Waals surface area contributed by atoms with Gasteiger partial charge in [-0.3, -0.25) is 9.59 Å². The summed E-state index contributed by atoms with van der Waals surface area (Å²) in [6.45, 7) is 4.53. The largest absolute Gasteiger partial charge is 0.481 e. The molecule has 0 fully saturated rings. The average molecular weight is 647 g/mol. The zero-order valence-electron chi connectivity index (χ0n) is 30.9. The van der Waals surface area contributed by atoms with E-state index in [1.807, 2.05) is 0 Å². The third-order valence-corrected chi connectivity index (χ3v) is 9.18. The summed E-state index contributed by atoms with van der Waals surface area (Å²) < 4.78 is 5.98. The van der Waals surface area contributed by atoms with Crippen molar-refractivity contribution >= 4 is 11.9 Å². The third-order valence-electron chi connectivity index (χ3n) is 9.18. The summed E-state index contributed by atoms with van der Waals surface area (Å²) in [4.78, 5) is 23.4. The van der Waals surface area contributed by atoms with Gasteiger partial charge in [0, 0.05) is 12.8 Å². The summed E-state index contributed by atoms with van der Waals surface area (Å²) in [5.74, 6) is -0.732. The Bertz CT molecular complexity index is 698. The monoisotopic (exact) mass is 647 g/mol. The summed E-state index contributed by atoms with van der Waals surface area (Å²) >= 11 is 0. The van der Waals surface area contributed by atoms with Gasteiger partial charge in [-0.1, -0.05) is 167 Å². The number of esters is 1. The van der Waals surface area contributed by atoms with Gasteiger partial charge in [0.25, 0.3) is 0 Å². The van der Waals surface area contributed by atoms with E-state index in [0.29, 0.717) is 6.42 Å². The molecular weight excluding hydrogens is 568 g/mol. The van der Waals surface area contributed by atoms with E-state index < -0.39 is 5.97 Å². The Hall–Kier alpha value is -1.58. The number of hydrogen-bond donors (Lipinski definition) is 1. The quantitative estimate of drug-likeness (QED) is 0.0414. The Morgan fingerprint density at radius 1 is 0.478 bits per heavy atom. The van der Waals surface area contributed by atoms with Crippen LogP contribution in [0.3, 0.4) is 0 Å². The van der Waals surface area contributed by atoms with Crippen LogP contribution in [-0.2, 0) is 14.3 Å². The van der Waals surface area contributed by atoms with E-state index in [-0.39, 0.29) is 18.5 Å². The van der Waals surface area contributed by atoms with Crippen LogP contribution in [0.25, 0.3) is 0 Å². The summed E-state index contributed by atoms with van der Waals surface area (Å²) in [7, 11) is 0. The highest BCUT2D eigenvalue weighted by molar-refractivity contribution is 5.69. The molecule has 46 heavy (non-hydrogen) atoms. The molecule has 4 nitrogen and oxygen atoms in total. The number of allylic oxidation sites excluding steroid dienone is 4. The molecule has 0 spiro atoms. The molecule has 0 aliphatic heterocycles. The van der Waals surface area contributed by atoms with Gasteiger partial charge < -0.3 is 9.84 Å². The molecule has 270 valence electrons. The van der Waals surface area contributed by atoms with Crippen molar-refractivity contribution in [1.82, 2.24) is 0 Å². The lowest BCUT2D eigenvalue weighted by Gasteiger charge is -2.18. The van der Waals surface area contributed by atoms with Crippen molar-refractivity contribution in [3.63, 3.8) is 0 Å². The first-order valence-electron chi connectivity index (χ1n) is 20.3. The van der Waals surface area contributed by atoms with E-state index in [1.54, 1.807) is 0 Å². The zero-order valence-corrected chi connectivity index (χ0v) is 30.9. The molecular formula is C42H78O4. The fourth-order valence-electron chi connectivity index (χ4n) is 6.16. The maximum Gasteiger partial charge on any atom is 0.306 e. The molecule has 0 aliphatic rings. The van der Waals surface area contributed by atoms with Gasteiger partial charge >= 0.3 is 11.9 Å². The lowest BCUT2D eigenvalue weighted by atomic mass is 10.0. The van der Waals surface area contributed by atoms with Crippen molar-refractivity contribution in [2.75, 3.05) is 0 Å². The molecule has 0 bridgehead atoms. The van der Waals surface area contributed by atoms with Crippen LogP contribution in [0.4, 0.5) is 0 Å². The second-order valence-corrected chi connectivity index (χ2v) is 13.8. The summed E-state index contributed by atoms with van der Waals surface area (Å²) in [6, 6.07) is 0. The van der Waals surface area contributed by atoms with Gasteiger partial charge in [0.2, 0.25) is 0 Å². The summed E-state index contributed by atoms with van der Waals surface area (Å²) in [5, 5.41) is 8.86. The van der Waals surface area contributed by atoms with Crippen LogP contribution in [0.1, 0.15) is 226 Å². The van der Waals surface area contributed by atoms with E-state index >= 15 is 0 Å². The Labute approximate surface area is 287 Å². The average Bonchev–Trinajstić information content (AvgIpc) is 3.04. The van der Waals surface area contributed by atoms with Gasteiger partial charge in [-0.15, -0.1) is 0 Å². The Morgan fingerprint density at radius 2 is 0.848 bits per heavy atom. The molecule has 0 saturated carbocycles. The molecule has 0 aromatic heterocycles. The minimum absolute atomic E-state index is 0.0214. The van der Waals surface area contributed by atoms with Crippen molar-refractivity contribution < 1.29 is 19.4 Å². The topological polar surface area (TPSA) is 63.6 Å². The molecule has 0 saturated heterocycles. The lowest BCUT2D eigenvalue weighted by Crippen LogP contribution is -2.18. The minimum Gasteiger partial charge on any atom is -0.481 e. The SMILES string of the molecule is CCCCC/C=C\C/C=C\CCCCCCCC(=O)OC(CCCCCCCCCCCCCCCC)CCCCCCC(=O)O. The first-order valence-corrected chi connectivity index (χ1v) is 20.3. The number of rotatable bonds is 37. The van der Waals surface area contributed by atoms with Gasteiger partial charge in [0.05, 0.1) is 0 Å². The van der Waals surface area contributed by atoms with E-state index in [1.165, 1.54) is 128 Å². The molecule has 0 amide bonds. The summed E-state index contributed by atoms with van der Waals surface area (Å²) in [6.07, 6.45) is 47.6. The number of carboxylic acid groups (broad SMARTS) is 1. The molecule has 4 heteroatoms. The van der Waals surface area contributed by atoms with Gasteiger partial charge in [-0.2, -0.15) is 0 Å². The van der Waals surface area contributed by atoms with Crippen molar-refractivity contribution in [1.29, 1.82) is 0 Å². The van der Waals surface area contributed by atoms with Gasteiger partial charge in [-0.05, 0) is 70.6 Å². The van der Waals surface area contributed by atoms with Gasteiger partial charge in [-0.25, -0.2) is 0 Å². The predicted octanol–water partition coefficient (Wildman–Crippen LogP) is 14.0. The normalized spacial score (nSPS) is 12.4. The standard InChI is InChI=1S/C42H78O4/c1-3-5-7-9-11-13-15-17-19-21-23-25-27-29-35-39-42(45)46-40(37-33-30-31-34-38-41(43)44)36-32-28-26-24-22-20-18-16-14-12-10-8-6-4-2/h11,13,17,19,40H,3-10,12,14-16,18,20-39H2,1-2H3,(H,43,44)/b13-11-,19-17-. The van der Waals surface area contributed by atoms with Crippen LogP contribution in [-0.4, -0.2) is 23.1 Å². The number of aliphatic carboxylic acids is 1. The van der Waals surface area contributed by atoms with Crippen molar-refractivity contribution in [2.24, 2.45) is 0 Å². The van der Waals surface area contributed by atoms with Crippen molar-refractivity contribution in [3.8, 4) is 0 Å². The van der Waals surface area contributed by atoms with Crippen LogP contribution in [0, 0.1) is 0 Å². The molecule has 0 rings (SSSR count). The van der Waals surface area contributed by atoms with Crippen molar-refractivity contribution in [3.05, 3.63) is 24.3 Å². The van der Waals surface area contributed by atoms with Crippen LogP contribution >= 0.6 is 0 Å². The highest BCUT2D eigenvalue weighted by Gasteiger charge is 2.14. The highest BCUT2D eigenvalue weighted by atomic mass is 16.5. The lowest BCUT2D eigenvalue weighted by molar-refractivity contribution is -0.150. The molecule has 1 unspecified atom stereocenters. The first-order chi connectivity index (χ1) is 22.6. The zero-order chi connectivity index (χ0) is 33.6. The number of unbranched alkanes of at least 4 members (excludes halogenated alkanes) is 24. The van der Waals surface area contributed by atoms with Crippen molar-refractivity contribution in [2.45, 2.75) is 232 Å². The second kappa shape index (κ2) is 37.9. The molecule has 0 aromatic rings. The predicted molar refractivity (Wildman–Crippen MR) is 200 cm³/mol. The number of carbonyl (C=O) groups excluding carboxylic acids is 1. The smallest absolute Gasteiger partial charge is 0.306 e. The fraction of sp³-hybridized carbons (Fsp3) is 0.857. The number of carbonyl (C=O) groups is 2. The Morgan fingerprint density at radius 3 is 1.33 bits per heavy atom. The summed E-state index contributed by atoms with van der Waals surface area (Å²) in [5.41, 5.74) is 0. The molecule has 0 heterocycles. The van der Waals surface area contributed by atoms with Crippen LogP contribution in [0.2, 0.25) is 0 Å². The minimum atomic E-state index is -0.710. The number of ether oxygens (including phenoxy) is 1. The first kappa shape index (κ1) is 44.4. The third kappa shape index (κ3) is 36.9. The van der Waals surface area contributed by atoms with Crippen LogP contribution in [0.5, 0.6) is 0 Å². The van der Waals surface area contributed by atoms with E-state index in [0.717, 1.165) is 70.6 Å². The molecule has 0 aromatic carbocycles. The molecule has 0 radical (unpaired) electrons. The van der Waals surface area contributed by atoms with Gasteiger partial charge in [0.15, 0.2) is 0 Å².